The highest BCUT2D eigenvalue weighted by molar-refractivity contribution is 7.88. The number of hydrogen-bond donors (Lipinski definition) is 0. The first kappa shape index (κ1) is 19.0. The van der Waals surface area contributed by atoms with Crippen molar-refractivity contribution in [2.75, 3.05) is 32.8 Å². The van der Waals surface area contributed by atoms with Crippen molar-refractivity contribution in [2.45, 2.75) is 18.6 Å². The zero-order valence-corrected chi connectivity index (χ0v) is 16.5. The topological polar surface area (TPSA) is 66.9 Å². The first-order chi connectivity index (χ1) is 13.5. The SMILES string of the molecule is O=C(Cc1ccc2c(c1)CCO2)N1CCN(S(=O)(=O)Cc2ccccc2)CC1. The summed E-state index contributed by atoms with van der Waals surface area (Å²) < 4.78 is 32.3. The van der Waals surface area contributed by atoms with Crippen LogP contribution in [0.4, 0.5) is 0 Å². The zero-order chi connectivity index (χ0) is 19.6. The number of ether oxygens (including phenoxy) is 1. The summed E-state index contributed by atoms with van der Waals surface area (Å²) in [5.41, 5.74) is 2.91. The Morgan fingerprint density at radius 2 is 1.71 bits per heavy atom. The Hall–Kier alpha value is -2.38. The van der Waals surface area contributed by atoms with E-state index in [9.17, 15) is 13.2 Å². The number of nitrogens with zero attached hydrogens (tertiary/aromatic N) is 2. The summed E-state index contributed by atoms with van der Waals surface area (Å²) in [7, 11) is -3.37. The van der Waals surface area contributed by atoms with Crippen LogP contribution in [0.3, 0.4) is 0 Å². The van der Waals surface area contributed by atoms with Crippen LogP contribution in [0.1, 0.15) is 16.7 Å². The molecule has 148 valence electrons. The number of hydrogen-bond acceptors (Lipinski definition) is 4. The summed E-state index contributed by atoms with van der Waals surface area (Å²) >= 11 is 0. The van der Waals surface area contributed by atoms with Gasteiger partial charge in [0.2, 0.25) is 15.9 Å². The molecule has 2 aliphatic rings. The number of fused-ring (bicyclic) bond motifs is 1. The minimum atomic E-state index is -3.37. The summed E-state index contributed by atoms with van der Waals surface area (Å²) in [6, 6.07) is 15.1. The lowest BCUT2D eigenvalue weighted by molar-refractivity contribution is -0.131. The van der Waals surface area contributed by atoms with Crippen molar-refractivity contribution in [3.05, 3.63) is 65.2 Å². The number of benzene rings is 2. The Kier molecular flexibility index (Phi) is 5.37. The van der Waals surface area contributed by atoms with Crippen molar-refractivity contribution in [3.8, 4) is 5.75 Å². The van der Waals surface area contributed by atoms with Gasteiger partial charge in [-0.3, -0.25) is 4.79 Å². The van der Waals surface area contributed by atoms with E-state index in [0.29, 0.717) is 39.2 Å². The molecule has 0 radical (unpaired) electrons. The van der Waals surface area contributed by atoms with E-state index >= 15 is 0 Å². The predicted molar refractivity (Wildman–Crippen MR) is 107 cm³/mol. The largest absolute Gasteiger partial charge is 0.493 e. The molecule has 1 saturated heterocycles. The molecule has 1 amide bonds. The summed E-state index contributed by atoms with van der Waals surface area (Å²) in [5.74, 6) is 0.950. The molecule has 2 aliphatic heterocycles. The van der Waals surface area contributed by atoms with Gasteiger partial charge in [0.25, 0.3) is 0 Å². The maximum Gasteiger partial charge on any atom is 0.227 e. The second-order valence-electron chi connectivity index (χ2n) is 7.24. The molecular formula is C21H24N2O4S. The smallest absolute Gasteiger partial charge is 0.227 e. The number of carbonyl (C=O) groups excluding carboxylic acids is 1. The van der Waals surface area contributed by atoms with Crippen molar-refractivity contribution in [3.63, 3.8) is 0 Å². The van der Waals surface area contributed by atoms with Crippen LogP contribution in [0.25, 0.3) is 0 Å². The van der Waals surface area contributed by atoms with Crippen LogP contribution in [0.15, 0.2) is 48.5 Å². The molecule has 2 heterocycles. The summed E-state index contributed by atoms with van der Waals surface area (Å²) in [6.07, 6.45) is 1.22. The molecule has 0 bridgehead atoms. The lowest BCUT2D eigenvalue weighted by atomic mass is 10.1. The van der Waals surface area contributed by atoms with Gasteiger partial charge in [-0.2, -0.15) is 4.31 Å². The van der Waals surface area contributed by atoms with E-state index in [4.69, 9.17) is 4.74 Å². The average molecular weight is 401 g/mol. The van der Waals surface area contributed by atoms with Gasteiger partial charge in [0.05, 0.1) is 18.8 Å². The van der Waals surface area contributed by atoms with Gasteiger partial charge in [0.15, 0.2) is 0 Å². The van der Waals surface area contributed by atoms with Crippen molar-refractivity contribution < 1.29 is 17.9 Å². The molecular weight excluding hydrogens is 376 g/mol. The molecule has 2 aromatic rings. The Bertz CT molecular complexity index is 952. The number of carbonyl (C=O) groups is 1. The van der Waals surface area contributed by atoms with Crippen molar-refractivity contribution in [1.29, 1.82) is 0 Å². The van der Waals surface area contributed by atoms with Crippen molar-refractivity contribution in [1.82, 2.24) is 9.21 Å². The van der Waals surface area contributed by atoms with E-state index in [0.717, 1.165) is 28.9 Å². The molecule has 6 nitrogen and oxygen atoms in total. The monoisotopic (exact) mass is 400 g/mol. The third-order valence-corrected chi connectivity index (χ3v) is 7.14. The Morgan fingerprint density at radius 1 is 0.964 bits per heavy atom. The molecule has 0 N–H and O–H groups in total. The van der Waals surface area contributed by atoms with Crippen molar-refractivity contribution >= 4 is 15.9 Å². The lowest BCUT2D eigenvalue weighted by Gasteiger charge is -2.34. The van der Waals surface area contributed by atoms with E-state index in [2.05, 4.69) is 0 Å². The van der Waals surface area contributed by atoms with Crippen LogP contribution < -0.4 is 4.74 Å². The fourth-order valence-corrected chi connectivity index (χ4v) is 5.24. The van der Waals surface area contributed by atoms with Gasteiger partial charge in [-0.05, 0) is 22.8 Å². The Balaban J connectivity index is 1.32. The average Bonchev–Trinajstić information content (AvgIpc) is 3.16. The maximum absolute atomic E-state index is 12.6. The number of sulfonamides is 1. The fourth-order valence-electron chi connectivity index (χ4n) is 3.73. The number of amides is 1. The maximum atomic E-state index is 12.6. The summed E-state index contributed by atoms with van der Waals surface area (Å²) in [4.78, 5) is 14.4. The quantitative estimate of drug-likeness (QED) is 0.768. The summed E-state index contributed by atoms with van der Waals surface area (Å²) in [5, 5.41) is 0. The predicted octanol–water partition coefficient (Wildman–Crippen LogP) is 1.84. The highest BCUT2D eigenvalue weighted by Gasteiger charge is 2.29. The van der Waals surface area contributed by atoms with Gasteiger partial charge in [0.1, 0.15) is 5.75 Å². The van der Waals surface area contributed by atoms with Gasteiger partial charge >= 0.3 is 0 Å². The van der Waals surface area contributed by atoms with Gasteiger partial charge in [-0.1, -0.05) is 42.5 Å². The minimum absolute atomic E-state index is 0.00101. The molecule has 0 unspecified atom stereocenters. The van der Waals surface area contributed by atoms with Gasteiger partial charge in [-0.15, -0.1) is 0 Å². The molecule has 2 aromatic carbocycles. The second-order valence-corrected chi connectivity index (χ2v) is 9.21. The van der Waals surface area contributed by atoms with Crippen LogP contribution in [-0.4, -0.2) is 56.3 Å². The number of piperazine rings is 1. The molecule has 0 saturated carbocycles. The molecule has 0 atom stereocenters. The van der Waals surface area contributed by atoms with Crippen LogP contribution >= 0.6 is 0 Å². The van der Waals surface area contributed by atoms with Crippen LogP contribution in [0.2, 0.25) is 0 Å². The van der Waals surface area contributed by atoms with Crippen LogP contribution in [-0.2, 0) is 33.4 Å². The molecule has 0 aliphatic carbocycles. The zero-order valence-electron chi connectivity index (χ0n) is 15.7. The fraction of sp³-hybridized carbons (Fsp3) is 0.381. The normalized spacial score (nSPS) is 17.2. The first-order valence-corrected chi connectivity index (χ1v) is 11.2. The highest BCUT2D eigenvalue weighted by atomic mass is 32.2. The van der Waals surface area contributed by atoms with Crippen molar-refractivity contribution in [2.24, 2.45) is 0 Å². The second kappa shape index (κ2) is 7.93. The lowest BCUT2D eigenvalue weighted by Crippen LogP contribution is -2.51. The summed E-state index contributed by atoms with van der Waals surface area (Å²) in [6.45, 7) is 2.26. The Morgan fingerprint density at radius 3 is 2.46 bits per heavy atom. The Labute approximate surface area is 165 Å². The van der Waals surface area contributed by atoms with Crippen LogP contribution in [0, 0.1) is 0 Å². The van der Waals surface area contributed by atoms with Crippen LogP contribution in [0.5, 0.6) is 5.75 Å². The van der Waals surface area contributed by atoms with E-state index in [1.807, 2.05) is 48.5 Å². The third kappa shape index (κ3) is 4.20. The van der Waals surface area contributed by atoms with Gasteiger partial charge in [-0.25, -0.2) is 8.42 Å². The van der Waals surface area contributed by atoms with E-state index in [1.165, 1.54) is 4.31 Å². The third-order valence-electron chi connectivity index (χ3n) is 5.29. The number of rotatable bonds is 5. The van der Waals surface area contributed by atoms with Gasteiger partial charge in [0, 0.05) is 32.6 Å². The molecule has 0 aromatic heterocycles. The molecule has 1 fully saturated rings. The van der Waals surface area contributed by atoms with E-state index < -0.39 is 10.0 Å². The molecule has 7 heteroatoms. The molecule has 4 rings (SSSR count). The minimum Gasteiger partial charge on any atom is -0.493 e. The molecule has 28 heavy (non-hydrogen) atoms. The highest BCUT2D eigenvalue weighted by Crippen LogP contribution is 2.26. The van der Waals surface area contributed by atoms with E-state index in [-0.39, 0.29) is 11.7 Å². The molecule has 0 spiro atoms. The standard InChI is InChI=1S/C21H24N2O4S/c24-21(15-18-6-7-20-19(14-18)8-13-27-20)22-9-11-23(12-10-22)28(25,26)16-17-4-2-1-3-5-17/h1-7,14H,8-13,15-16H2. The first-order valence-electron chi connectivity index (χ1n) is 9.55. The van der Waals surface area contributed by atoms with Gasteiger partial charge < -0.3 is 9.64 Å². The van der Waals surface area contributed by atoms with E-state index in [1.54, 1.807) is 4.90 Å².